The van der Waals surface area contributed by atoms with Gasteiger partial charge in [-0.1, -0.05) is 23.7 Å². The van der Waals surface area contributed by atoms with E-state index in [9.17, 15) is 9.59 Å². The summed E-state index contributed by atoms with van der Waals surface area (Å²) in [4.78, 5) is 26.7. The molecule has 0 aliphatic carbocycles. The van der Waals surface area contributed by atoms with Crippen LogP contribution in [0.1, 0.15) is 38.2 Å². The van der Waals surface area contributed by atoms with Gasteiger partial charge >= 0.3 is 5.97 Å². The van der Waals surface area contributed by atoms with E-state index >= 15 is 0 Å². The van der Waals surface area contributed by atoms with Gasteiger partial charge in [-0.15, -0.1) is 0 Å². The van der Waals surface area contributed by atoms with Crippen molar-refractivity contribution >= 4 is 23.5 Å². The van der Waals surface area contributed by atoms with Crippen LogP contribution in [-0.2, 0) is 16.0 Å². The molecular weight excluding hydrogens is 340 g/mol. The second-order valence-electron chi connectivity index (χ2n) is 6.70. The van der Waals surface area contributed by atoms with Crippen LogP contribution in [0.2, 0.25) is 5.02 Å². The summed E-state index contributed by atoms with van der Waals surface area (Å²) in [5.74, 6) is -1.09. The zero-order chi connectivity index (χ0) is 18.2. The van der Waals surface area contributed by atoms with Crippen LogP contribution in [-0.4, -0.2) is 59.0 Å². The highest BCUT2D eigenvalue weighted by Gasteiger charge is 2.25. The lowest BCUT2D eigenvalue weighted by Crippen LogP contribution is -2.42. The van der Waals surface area contributed by atoms with Crippen LogP contribution >= 0.6 is 11.6 Å². The fourth-order valence-corrected chi connectivity index (χ4v) is 3.60. The summed E-state index contributed by atoms with van der Waals surface area (Å²) < 4.78 is 0. The Balaban J connectivity index is 1.79. The molecule has 0 unspecified atom stereocenters. The molecule has 1 aliphatic rings. The van der Waals surface area contributed by atoms with E-state index in [-0.39, 0.29) is 18.5 Å². The summed E-state index contributed by atoms with van der Waals surface area (Å²) in [5.41, 5.74) is 1.29. The summed E-state index contributed by atoms with van der Waals surface area (Å²) in [6, 6.07) is 8.02. The Morgan fingerprint density at radius 2 is 1.96 bits per heavy atom. The van der Waals surface area contributed by atoms with Gasteiger partial charge in [-0.3, -0.25) is 9.59 Å². The van der Waals surface area contributed by atoms with Crippen LogP contribution in [0.5, 0.6) is 0 Å². The third-order valence-electron chi connectivity index (χ3n) is 4.79. The molecule has 0 spiro atoms. The maximum absolute atomic E-state index is 11.8. The number of likely N-dealkylation sites (tertiary alicyclic amines) is 1. The van der Waals surface area contributed by atoms with Crippen molar-refractivity contribution in [3.63, 3.8) is 0 Å². The van der Waals surface area contributed by atoms with Crippen LogP contribution in [0, 0.1) is 0 Å². The predicted molar refractivity (Wildman–Crippen MR) is 98.9 cm³/mol. The lowest BCUT2D eigenvalue weighted by Gasteiger charge is -2.29. The molecule has 1 atom stereocenters. The molecule has 0 bridgehead atoms. The van der Waals surface area contributed by atoms with Crippen molar-refractivity contribution < 1.29 is 14.7 Å². The molecule has 1 saturated heterocycles. The Hall–Kier alpha value is -1.59. The topological polar surface area (TPSA) is 60.9 Å². The molecule has 0 saturated carbocycles. The number of aryl methyl sites for hydroxylation is 1. The van der Waals surface area contributed by atoms with Gasteiger partial charge in [-0.05, 0) is 62.9 Å². The average molecular weight is 367 g/mol. The minimum atomic E-state index is -0.945. The molecule has 0 radical (unpaired) electrons. The van der Waals surface area contributed by atoms with Crippen LogP contribution in [0.3, 0.4) is 0 Å². The number of benzene rings is 1. The monoisotopic (exact) mass is 366 g/mol. The molecule has 1 heterocycles. The summed E-state index contributed by atoms with van der Waals surface area (Å²) in [5, 5.41) is 9.78. The fourth-order valence-electron chi connectivity index (χ4n) is 3.47. The van der Waals surface area contributed by atoms with Gasteiger partial charge < -0.3 is 14.9 Å². The third-order valence-corrected chi connectivity index (χ3v) is 5.05. The first kappa shape index (κ1) is 19.7. The molecule has 1 amide bonds. The van der Waals surface area contributed by atoms with Gasteiger partial charge in [0.05, 0.1) is 0 Å². The van der Waals surface area contributed by atoms with Gasteiger partial charge in [0.2, 0.25) is 5.91 Å². The number of amides is 1. The Labute approximate surface area is 154 Å². The van der Waals surface area contributed by atoms with Crippen LogP contribution in [0.25, 0.3) is 0 Å². The maximum atomic E-state index is 11.8. The van der Waals surface area contributed by atoms with Gasteiger partial charge in [-0.2, -0.15) is 0 Å². The Morgan fingerprint density at radius 1 is 1.24 bits per heavy atom. The van der Waals surface area contributed by atoms with Crippen molar-refractivity contribution in [2.24, 2.45) is 0 Å². The number of carboxylic acid groups (broad SMARTS) is 1. The fraction of sp³-hybridized carbons (Fsp3) is 0.579. The first-order valence-corrected chi connectivity index (χ1v) is 9.29. The van der Waals surface area contributed by atoms with E-state index in [4.69, 9.17) is 16.7 Å². The molecule has 5 nitrogen and oxygen atoms in total. The highest BCUT2D eigenvalue weighted by molar-refractivity contribution is 6.30. The standard InChI is InChI=1S/C19H27ClN2O3/c1-15(23)22(14-19(24)25)18-5-3-12-21(13-10-18)11-2-4-16-6-8-17(20)9-7-16/h6-9,18H,2-5,10-14H2,1H3,(H,24,25)/t18-/m1/s1. The largest absolute Gasteiger partial charge is 0.480 e. The van der Waals surface area contributed by atoms with Gasteiger partial charge in [0.1, 0.15) is 6.54 Å². The highest BCUT2D eigenvalue weighted by atomic mass is 35.5. The SMILES string of the molecule is CC(=O)N(CC(=O)O)[C@@H]1CCCN(CCCc2ccc(Cl)cc2)CC1. The molecule has 1 aliphatic heterocycles. The van der Waals surface area contributed by atoms with Gasteiger partial charge in [0.25, 0.3) is 0 Å². The zero-order valence-corrected chi connectivity index (χ0v) is 15.5. The number of aliphatic carboxylic acids is 1. The second-order valence-corrected chi connectivity index (χ2v) is 7.13. The number of hydrogen-bond acceptors (Lipinski definition) is 3. The summed E-state index contributed by atoms with van der Waals surface area (Å²) in [6.45, 7) is 4.20. The Kier molecular flexibility index (Phi) is 7.72. The van der Waals surface area contributed by atoms with Crippen LogP contribution in [0.15, 0.2) is 24.3 Å². The number of hydrogen-bond donors (Lipinski definition) is 1. The molecule has 6 heteroatoms. The molecule has 1 N–H and O–H groups in total. The van der Waals surface area contributed by atoms with Gasteiger partial charge in [-0.25, -0.2) is 0 Å². The smallest absolute Gasteiger partial charge is 0.323 e. The third kappa shape index (κ3) is 6.67. The molecule has 2 rings (SSSR count). The lowest BCUT2D eigenvalue weighted by atomic mass is 10.1. The van der Waals surface area contributed by atoms with Gasteiger partial charge in [0, 0.05) is 24.5 Å². The van der Waals surface area contributed by atoms with Crippen LogP contribution in [0.4, 0.5) is 0 Å². The Morgan fingerprint density at radius 3 is 2.60 bits per heavy atom. The zero-order valence-electron chi connectivity index (χ0n) is 14.8. The number of halogens is 1. The minimum Gasteiger partial charge on any atom is -0.480 e. The van der Waals surface area contributed by atoms with Gasteiger partial charge in [0.15, 0.2) is 0 Å². The number of carboxylic acids is 1. The van der Waals surface area contributed by atoms with E-state index in [2.05, 4.69) is 17.0 Å². The average Bonchev–Trinajstić information content (AvgIpc) is 2.80. The minimum absolute atomic E-state index is 0.0369. The highest BCUT2D eigenvalue weighted by Crippen LogP contribution is 2.18. The summed E-state index contributed by atoms with van der Waals surface area (Å²) in [6.07, 6.45) is 4.82. The van der Waals surface area contributed by atoms with E-state index in [1.165, 1.54) is 17.4 Å². The predicted octanol–water partition coefficient (Wildman–Crippen LogP) is 3.06. The number of carbonyl (C=O) groups is 2. The van der Waals surface area contributed by atoms with Crippen LogP contribution < -0.4 is 0 Å². The van der Waals surface area contributed by atoms with Crippen molar-refractivity contribution in [1.82, 2.24) is 9.80 Å². The van der Waals surface area contributed by atoms with E-state index in [1.54, 1.807) is 0 Å². The lowest BCUT2D eigenvalue weighted by molar-refractivity contribution is -0.145. The van der Waals surface area contributed by atoms with E-state index in [0.29, 0.717) is 0 Å². The molecule has 0 aromatic heterocycles. The maximum Gasteiger partial charge on any atom is 0.323 e. The molecule has 1 aromatic carbocycles. The number of carbonyl (C=O) groups excluding carboxylic acids is 1. The van der Waals surface area contributed by atoms with Crippen molar-refractivity contribution in [3.8, 4) is 0 Å². The molecular formula is C19H27ClN2O3. The van der Waals surface area contributed by atoms with E-state index < -0.39 is 5.97 Å². The number of rotatable bonds is 7. The van der Waals surface area contributed by atoms with E-state index in [0.717, 1.165) is 56.8 Å². The Bertz CT molecular complexity index is 577. The molecule has 1 aromatic rings. The molecule has 25 heavy (non-hydrogen) atoms. The van der Waals surface area contributed by atoms with Crippen molar-refractivity contribution in [3.05, 3.63) is 34.9 Å². The number of nitrogens with zero attached hydrogens (tertiary/aromatic N) is 2. The molecule has 1 fully saturated rings. The molecule has 138 valence electrons. The normalized spacial score (nSPS) is 18.6. The summed E-state index contributed by atoms with van der Waals surface area (Å²) >= 11 is 5.91. The van der Waals surface area contributed by atoms with Crippen molar-refractivity contribution in [2.75, 3.05) is 26.2 Å². The van der Waals surface area contributed by atoms with Crippen molar-refractivity contribution in [1.29, 1.82) is 0 Å². The second kappa shape index (κ2) is 9.78. The first-order chi connectivity index (χ1) is 12.0. The first-order valence-electron chi connectivity index (χ1n) is 8.91. The summed E-state index contributed by atoms with van der Waals surface area (Å²) in [7, 11) is 0. The van der Waals surface area contributed by atoms with Crippen molar-refractivity contribution in [2.45, 2.75) is 45.1 Å². The quantitative estimate of drug-likeness (QED) is 0.805. The van der Waals surface area contributed by atoms with E-state index in [1.807, 2.05) is 12.1 Å².